The number of nitrogens with zero attached hydrogens (tertiary/aromatic N) is 3. The third kappa shape index (κ3) is 3.13. The molecule has 3 rings (SSSR count). The van der Waals surface area contributed by atoms with Crippen LogP contribution >= 0.6 is 0 Å². The van der Waals surface area contributed by atoms with Crippen molar-refractivity contribution < 1.29 is 23.1 Å². The van der Waals surface area contributed by atoms with Gasteiger partial charge in [-0.2, -0.15) is 13.2 Å². The molecule has 2 aromatic rings. The highest BCUT2D eigenvalue weighted by molar-refractivity contribution is 5.90. The van der Waals surface area contributed by atoms with E-state index in [2.05, 4.69) is 9.97 Å². The average Bonchev–Trinajstić information content (AvgIpc) is 2.53. The number of aromatic nitrogens is 2. The molecule has 0 atom stereocenters. The van der Waals surface area contributed by atoms with Gasteiger partial charge >= 0.3 is 12.1 Å². The third-order valence-corrected chi connectivity index (χ3v) is 4.23. The molecule has 0 aliphatic carbocycles. The summed E-state index contributed by atoms with van der Waals surface area (Å²) >= 11 is 0. The molecule has 24 heavy (non-hydrogen) atoms. The topological polar surface area (TPSA) is 66.3 Å². The molecule has 0 radical (unpaired) electrons. The molecule has 0 amide bonds. The number of hydrogen-bond acceptors (Lipinski definition) is 4. The van der Waals surface area contributed by atoms with E-state index in [1.165, 1.54) is 0 Å². The van der Waals surface area contributed by atoms with Crippen LogP contribution in [0.25, 0.3) is 10.9 Å². The number of rotatable bonds is 2. The molecular weight excluding hydrogens is 323 g/mol. The van der Waals surface area contributed by atoms with Gasteiger partial charge in [-0.15, -0.1) is 0 Å². The maximum atomic E-state index is 13.1. The van der Waals surface area contributed by atoms with Crippen molar-refractivity contribution in [3.8, 4) is 0 Å². The van der Waals surface area contributed by atoms with Crippen LogP contribution in [0.15, 0.2) is 18.2 Å². The molecule has 1 aliphatic heterocycles. The van der Waals surface area contributed by atoms with Crippen molar-refractivity contribution in [2.45, 2.75) is 25.9 Å². The molecule has 128 valence electrons. The van der Waals surface area contributed by atoms with Gasteiger partial charge in [-0.05, 0) is 31.9 Å². The number of carboxylic acid groups (broad SMARTS) is 1. The molecule has 1 N–H and O–H groups in total. The van der Waals surface area contributed by atoms with Gasteiger partial charge in [0.25, 0.3) is 0 Å². The lowest BCUT2D eigenvalue weighted by atomic mass is 9.97. The second-order valence-corrected chi connectivity index (χ2v) is 5.99. The number of benzene rings is 1. The molecule has 8 heteroatoms. The van der Waals surface area contributed by atoms with Crippen LogP contribution in [-0.4, -0.2) is 34.1 Å². The highest BCUT2D eigenvalue weighted by Crippen LogP contribution is 2.33. The van der Waals surface area contributed by atoms with Crippen molar-refractivity contribution in [1.29, 1.82) is 0 Å². The van der Waals surface area contributed by atoms with Gasteiger partial charge in [0.1, 0.15) is 5.82 Å². The number of fused-ring (bicyclic) bond motifs is 1. The fraction of sp³-hybridized carbons (Fsp3) is 0.438. The Morgan fingerprint density at radius 3 is 2.50 bits per heavy atom. The zero-order valence-electron chi connectivity index (χ0n) is 13.0. The van der Waals surface area contributed by atoms with Crippen LogP contribution in [0.1, 0.15) is 24.2 Å². The molecule has 5 nitrogen and oxygen atoms in total. The summed E-state index contributed by atoms with van der Waals surface area (Å²) in [5, 5.41) is 9.61. The number of alkyl halides is 3. The second-order valence-electron chi connectivity index (χ2n) is 5.99. The minimum absolute atomic E-state index is 0.222. The highest BCUT2D eigenvalue weighted by atomic mass is 19.4. The first-order valence-electron chi connectivity index (χ1n) is 7.59. The van der Waals surface area contributed by atoms with Crippen molar-refractivity contribution >= 4 is 22.7 Å². The Hall–Kier alpha value is -2.38. The number of halogens is 3. The van der Waals surface area contributed by atoms with E-state index in [0.717, 1.165) is 5.56 Å². The number of hydrogen-bond donors (Lipinski definition) is 1. The normalized spacial score (nSPS) is 16.6. The van der Waals surface area contributed by atoms with Crippen LogP contribution in [0.5, 0.6) is 0 Å². The van der Waals surface area contributed by atoms with Gasteiger partial charge in [0.2, 0.25) is 5.82 Å². The molecule has 1 aromatic carbocycles. The van der Waals surface area contributed by atoms with Gasteiger partial charge in [0.05, 0.1) is 11.4 Å². The van der Waals surface area contributed by atoms with E-state index in [1.54, 1.807) is 23.1 Å². The van der Waals surface area contributed by atoms with Crippen LogP contribution in [-0.2, 0) is 11.0 Å². The van der Waals surface area contributed by atoms with Crippen molar-refractivity contribution in [1.82, 2.24) is 9.97 Å². The number of anilines is 1. The first kappa shape index (κ1) is 16.5. The zero-order valence-corrected chi connectivity index (χ0v) is 13.0. The molecule has 2 heterocycles. The Labute approximate surface area is 136 Å². The predicted octanol–water partition coefficient (Wildman–Crippen LogP) is 3.26. The van der Waals surface area contributed by atoms with Gasteiger partial charge in [-0.3, -0.25) is 4.79 Å². The van der Waals surface area contributed by atoms with E-state index in [9.17, 15) is 18.0 Å². The molecule has 0 bridgehead atoms. The molecule has 1 aliphatic rings. The van der Waals surface area contributed by atoms with Crippen LogP contribution in [0.2, 0.25) is 0 Å². The Morgan fingerprint density at radius 1 is 1.25 bits per heavy atom. The van der Waals surface area contributed by atoms with Crippen molar-refractivity contribution in [3.63, 3.8) is 0 Å². The second kappa shape index (κ2) is 5.92. The molecule has 1 fully saturated rings. The summed E-state index contributed by atoms with van der Waals surface area (Å²) in [5.74, 6) is -2.28. The van der Waals surface area contributed by atoms with Gasteiger partial charge in [0.15, 0.2) is 0 Å². The van der Waals surface area contributed by atoms with Crippen molar-refractivity contribution in [3.05, 3.63) is 29.6 Å². The highest BCUT2D eigenvalue weighted by Gasteiger charge is 2.36. The lowest BCUT2D eigenvalue weighted by molar-refractivity contribution is -0.144. The lowest BCUT2D eigenvalue weighted by Crippen LogP contribution is -2.37. The monoisotopic (exact) mass is 339 g/mol. The Bertz CT molecular complexity index is 784. The van der Waals surface area contributed by atoms with Gasteiger partial charge < -0.3 is 10.0 Å². The van der Waals surface area contributed by atoms with Crippen molar-refractivity contribution in [2.24, 2.45) is 5.92 Å². The van der Waals surface area contributed by atoms with E-state index < -0.39 is 23.9 Å². The maximum absolute atomic E-state index is 13.1. The predicted molar refractivity (Wildman–Crippen MR) is 81.8 cm³/mol. The summed E-state index contributed by atoms with van der Waals surface area (Å²) in [5.41, 5.74) is 1.13. The molecule has 0 saturated carbocycles. The number of aliphatic carboxylic acids is 1. The number of carbonyl (C=O) groups is 1. The molecule has 0 unspecified atom stereocenters. The first-order chi connectivity index (χ1) is 11.3. The van der Waals surface area contributed by atoms with E-state index >= 15 is 0 Å². The smallest absolute Gasteiger partial charge is 0.451 e. The molecule has 0 spiro atoms. The van der Waals surface area contributed by atoms with Crippen LogP contribution in [0, 0.1) is 12.8 Å². The Balaban J connectivity index is 2.05. The van der Waals surface area contributed by atoms with Crippen LogP contribution < -0.4 is 4.90 Å². The SMILES string of the molecule is Cc1ccc2nc(C(F)(F)F)nc(N3CCC(C(=O)O)CC3)c2c1. The molecule has 1 saturated heterocycles. The lowest BCUT2D eigenvalue weighted by Gasteiger charge is -2.32. The van der Waals surface area contributed by atoms with E-state index in [0.29, 0.717) is 31.3 Å². The minimum atomic E-state index is -4.63. The summed E-state index contributed by atoms with van der Waals surface area (Å²) in [4.78, 5) is 20.1. The van der Waals surface area contributed by atoms with Crippen LogP contribution in [0.3, 0.4) is 0 Å². The van der Waals surface area contributed by atoms with E-state index in [-0.39, 0.29) is 11.3 Å². The number of aryl methyl sites for hydroxylation is 1. The quantitative estimate of drug-likeness (QED) is 0.910. The molecule has 1 aromatic heterocycles. The molecular formula is C16H16F3N3O2. The number of carboxylic acids is 1. The van der Waals surface area contributed by atoms with Crippen LogP contribution in [0.4, 0.5) is 19.0 Å². The van der Waals surface area contributed by atoms with Gasteiger partial charge in [0, 0.05) is 18.5 Å². The standard InChI is InChI=1S/C16H16F3N3O2/c1-9-2-3-12-11(8-9)13(21-15(20-12)16(17,18)19)22-6-4-10(5-7-22)14(23)24/h2-3,8,10H,4-7H2,1H3,(H,23,24). The van der Waals surface area contributed by atoms with Gasteiger partial charge in [-0.1, -0.05) is 11.6 Å². The summed E-state index contributed by atoms with van der Waals surface area (Å²) in [6, 6.07) is 5.01. The first-order valence-corrected chi connectivity index (χ1v) is 7.59. The zero-order chi connectivity index (χ0) is 17.5. The largest absolute Gasteiger partial charge is 0.481 e. The summed E-state index contributed by atoms with van der Waals surface area (Å²) < 4.78 is 39.3. The summed E-state index contributed by atoms with van der Waals surface area (Å²) in [7, 11) is 0. The maximum Gasteiger partial charge on any atom is 0.451 e. The van der Waals surface area contributed by atoms with E-state index in [1.807, 2.05) is 6.92 Å². The Morgan fingerprint density at radius 2 is 1.92 bits per heavy atom. The summed E-state index contributed by atoms with van der Waals surface area (Å²) in [6.45, 7) is 2.56. The summed E-state index contributed by atoms with van der Waals surface area (Å²) in [6.07, 6.45) is -3.87. The van der Waals surface area contributed by atoms with Gasteiger partial charge in [-0.25, -0.2) is 9.97 Å². The Kier molecular flexibility index (Phi) is 4.06. The third-order valence-electron chi connectivity index (χ3n) is 4.23. The fourth-order valence-corrected chi connectivity index (χ4v) is 2.93. The van der Waals surface area contributed by atoms with Crippen molar-refractivity contribution in [2.75, 3.05) is 18.0 Å². The fourth-order valence-electron chi connectivity index (χ4n) is 2.93. The minimum Gasteiger partial charge on any atom is -0.481 e. The average molecular weight is 339 g/mol. The number of piperidine rings is 1. The van der Waals surface area contributed by atoms with E-state index in [4.69, 9.17) is 5.11 Å².